The zero-order valence-corrected chi connectivity index (χ0v) is 13.9. The van der Waals surface area contributed by atoms with Crippen LogP contribution in [-0.2, 0) is 9.53 Å². The fraction of sp³-hybridized carbons (Fsp3) is 0.167. The third kappa shape index (κ3) is 2.55. The molecule has 2 aromatic rings. The van der Waals surface area contributed by atoms with Gasteiger partial charge in [0.05, 0.1) is 10.6 Å². The topological polar surface area (TPSA) is 26.3 Å². The number of ketones is 1. The number of halogens is 1. The first-order valence-electron chi connectivity index (χ1n) is 6.92. The Balaban J connectivity index is 2.21. The van der Waals surface area contributed by atoms with E-state index in [0.29, 0.717) is 21.3 Å². The molecule has 1 aliphatic rings. The number of thiol groups is 1. The number of carbonyl (C=O) groups excluding carboxylic acids is 1. The average Bonchev–Trinajstić information content (AvgIpc) is 2.73. The van der Waals surface area contributed by atoms with Crippen molar-refractivity contribution in [3.63, 3.8) is 0 Å². The number of carbonyl (C=O) groups is 1. The van der Waals surface area contributed by atoms with Gasteiger partial charge in [-0.2, -0.15) is 0 Å². The maximum absolute atomic E-state index is 12.7. The Morgan fingerprint density at radius 3 is 2.36 bits per heavy atom. The lowest BCUT2D eigenvalue weighted by molar-refractivity contribution is -0.125. The minimum absolute atomic E-state index is 0.0280. The van der Waals surface area contributed by atoms with Gasteiger partial charge < -0.3 is 4.74 Å². The molecule has 1 aliphatic heterocycles. The fourth-order valence-electron chi connectivity index (χ4n) is 2.48. The van der Waals surface area contributed by atoms with Gasteiger partial charge in [0.1, 0.15) is 5.76 Å². The highest BCUT2D eigenvalue weighted by molar-refractivity contribution is 7.80. The predicted molar refractivity (Wildman–Crippen MR) is 92.1 cm³/mol. The second-order valence-corrected chi connectivity index (χ2v) is 6.57. The first-order chi connectivity index (χ1) is 10.4. The quantitative estimate of drug-likeness (QED) is 0.795. The van der Waals surface area contributed by atoms with Crippen molar-refractivity contribution < 1.29 is 9.53 Å². The summed E-state index contributed by atoms with van der Waals surface area (Å²) in [5.74, 6) is 0.538. The van der Waals surface area contributed by atoms with Crippen LogP contribution in [0.4, 0.5) is 0 Å². The zero-order chi connectivity index (χ0) is 15.9. The third-order valence-electron chi connectivity index (χ3n) is 3.63. The van der Waals surface area contributed by atoms with Gasteiger partial charge in [0.2, 0.25) is 5.78 Å². The third-order valence-corrected chi connectivity index (χ3v) is 4.46. The van der Waals surface area contributed by atoms with Crippen LogP contribution in [-0.4, -0.2) is 11.4 Å². The molecule has 0 N–H and O–H groups in total. The standard InChI is InChI=1S/C18H15ClO2S/c1-18(2)17(20)15(11-6-4-3-5-7-11)16(21-18)12-8-9-14(22)13(19)10-12/h3-10,22H,1-2H3. The molecule has 2 aromatic carbocycles. The first kappa shape index (κ1) is 15.2. The molecule has 0 fully saturated rings. The summed E-state index contributed by atoms with van der Waals surface area (Å²) in [6.07, 6.45) is 0. The molecule has 0 saturated heterocycles. The largest absolute Gasteiger partial charge is 0.478 e. The van der Waals surface area contributed by atoms with Gasteiger partial charge in [-0.3, -0.25) is 4.79 Å². The Kier molecular flexibility index (Phi) is 3.79. The number of rotatable bonds is 2. The van der Waals surface area contributed by atoms with E-state index >= 15 is 0 Å². The molecule has 3 rings (SSSR count). The van der Waals surface area contributed by atoms with Gasteiger partial charge in [0.15, 0.2) is 5.60 Å². The minimum atomic E-state index is -0.882. The molecule has 22 heavy (non-hydrogen) atoms. The van der Waals surface area contributed by atoms with E-state index in [4.69, 9.17) is 16.3 Å². The SMILES string of the molecule is CC1(C)OC(c2ccc(S)c(Cl)c2)=C(c2ccccc2)C1=O. The van der Waals surface area contributed by atoms with Crippen LogP contribution in [0.15, 0.2) is 53.4 Å². The molecule has 0 saturated carbocycles. The molecule has 0 atom stereocenters. The van der Waals surface area contributed by atoms with E-state index in [0.717, 1.165) is 11.1 Å². The van der Waals surface area contributed by atoms with E-state index in [1.807, 2.05) is 36.4 Å². The summed E-state index contributed by atoms with van der Waals surface area (Å²) in [6, 6.07) is 15.0. The van der Waals surface area contributed by atoms with Crippen molar-refractivity contribution in [2.75, 3.05) is 0 Å². The highest BCUT2D eigenvalue weighted by Gasteiger charge is 2.42. The molecule has 0 amide bonds. The van der Waals surface area contributed by atoms with Gasteiger partial charge in [-0.1, -0.05) is 48.0 Å². The van der Waals surface area contributed by atoms with Crippen LogP contribution in [0, 0.1) is 0 Å². The van der Waals surface area contributed by atoms with E-state index in [9.17, 15) is 4.79 Å². The van der Waals surface area contributed by atoms with E-state index in [1.54, 1.807) is 26.0 Å². The van der Waals surface area contributed by atoms with Gasteiger partial charge in [-0.05, 0) is 31.5 Å². The molecule has 0 aliphatic carbocycles. The van der Waals surface area contributed by atoms with Crippen molar-refractivity contribution in [3.8, 4) is 0 Å². The Labute approximate surface area is 140 Å². The molecule has 0 aromatic heterocycles. The minimum Gasteiger partial charge on any atom is -0.478 e. The predicted octanol–water partition coefficient (Wildman–Crippen LogP) is 4.87. The maximum Gasteiger partial charge on any atom is 0.210 e. The molecule has 0 spiro atoms. The highest BCUT2D eigenvalue weighted by Crippen LogP contribution is 2.42. The Morgan fingerprint density at radius 1 is 1.05 bits per heavy atom. The van der Waals surface area contributed by atoms with E-state index in [2.05, 4.69) is 12.6 Å². The number of ether oxygens (including phenoxy) is 1. The lowest BCUT2D eigenvalue weighted by Crippen LogP contribution is -2.29. The Bertz CT molecular complexity index is 779. The second-order valence-electron chi connectivity index (χ2n) is 5.68. The zero-order valence-electron chi connectivity index (χ0n) is 12.3. The van der Waals surface area contributed by atoms with Crippen LogP contribution in [0.1, 0.15) is 25.0 Å². The normalized spacial score (nSPS) is 16.8. The van der Waals surface area contributed by atoms with Crippen molar-refractivity contribution in [2.24, 2.45) is 0 Å². The molecule has 0 radical (unpaired) electrons. The van der Waals surface area contributed by atoms with Gasteiger partial charge in [-0.15, -0.1) is 12.6 Å². The second kappa shape index (κ2) is 5.49. The van der Waals surface area contributed by atoms with Gasteiger partial charge in [0, 0.05) is 10.5 Å². The van der Waals surface area contributed by atoms with Gasteiger partial charge in [-0.25, -0.2) is 0 Å². The van der Waals surface area contributed by atoms with E-state index < -0.39 is 5.60 Å². The first-order valence-corrected chi connectivity index (χ1v) is 7.75. The van der Waals surface area contributed by atoms with Crippen LogP contribution in [0.5, 0.6) is 0 Å². The fourth-order valence-corrected chi connectivity index (χ4v) is 2.79. The molecular formula is C18H15ClO2S. The smallest absolute Gasteiger partial charge is 0.210 e. The maximum atomic E-state index is 12.7. The van der Waals surface area contributed by atoms with Gasteiger partial charge >= 0.3 is 0 Å². The Morgan fingerprint density at radius 2 is 1.73 bits per heavy atom. The van der Waals surface area contributed by atoms with Crippen molar-refractivity contribution in [1.82, 2.24) is 0 Å². The van der Waals surface area contributed by atoms with Crippen LogP contribution in [0.25, 0.3) is 11.3 Å². The van der Waals surface area contributed by atoms with Crippen LogP contribution >= 0.6 is 24.2 Å². The highest BCUT2D eigenvalue weighted by atomic mass is 35.5. The molecular weight excluding hydrogens is 316 g/mol. The van der Waals surface area contributed by atoms with Gasteiger partial charge in [0.25, 0.3) is 0 Å². The van der Waals surface area contributed by atoms with E-state index in [1.165, 1.54) is 0 Å². The van der Waals surface area contributed by atoms with Crippen LogP contribution in [0.3, 0.4) is 0 Å². The number of benzene rings is 2. The van der Waals surface area contributed by atoms with Crippen molar-refractivity contribution >= 4 is 41.3 Å². The summed E-state index contributed by atoms with van der Waals surface area (Å²) < 4.78 is 5.96. The number of hydrogen-bond acceptors (Lipinski definition) is 3. The lowest BCUT2D eigenvalue weighted by atomic mass is 9.93. The monoisotopic (exact) mass is 330 g/mol. The number of Topliss-reactive ketones (excluding diaryl/α,β-unsaturated/α-hetero) is 1. The summed E-state index contributed by atoms with van der Waals surface area (Å²) >= 11 is 10.4. The number of hydrogen-bond donors (Lipinski definition) is 1. The average molecular weight is 331 g/mol. The summed E-state index contributed by atoms with van der Waals surface area (Å²) in [5, 5.41) is 0.529. The summed E-state index contributed by atoms with van der Waals surface area (Å²) in [5.41, 5.74) is 1.33. The molecule has 4 heteroatoms. The summed E-state index contributed by atoms with van der Waals surface area (Å²) in [7, 11) is 0. The van der Waals surface area contributed by atoms with Crippen LogP contribution < -0.4 is 0 Å². The molecule has 112 valence electrons. The summed E-state index contributed by atoms with van der Waals surface area (Å²) in [4.78, 5) is 13.4. The Hall–Kier alpha value is -1.71. The van der Waals surface area contributed by atoms with Crippen molar-refractivity contribution in [2.45, 2.75) is 24.3 Å². The van der Waals surface area contributed by atoms with Crippen molar-refractivity contribution in [1.29, 1.82) is 0 Å². The van der Waals surface area contributed by atoms with E-state index in [-0.39, 0.29) is 5.78 Å². The lowest BCUT2D eigenvalue weighted by Gasteiger charge is -2.18. The molecule has 0 bridgehead atoms. The summed E-state index contributed by atoms with van der Waals surface area (Å²) in [6.45, 7) is 3.56. The molecule has 0 unspecified atom stereocenters. The van der Waals surface area contributed by atoms with Crippen LogP contribution in [0.2, 0.25) is 5.02 Å². The molecule has 2 nitrogen and oxygen atoms in total. The van der Waals surface area contributed by atoms with Crippen molar-refractivity contribution in [3.05, 3.63) is 64.7 Å². The molecule has 1 heterocycles.